The molecule has 0 aromatic heterocycles. The maximum Gasteiger partial charge on any atom is 0.309 e. The van der Waals surface area contributed by atoms with E-state index < -0.39 is 5.41 Å². The molecule has 5 nitrogen and oxygen atoms in total. The molecule has 0 heterocycles. The van der Waals surface area contributed by atoms with Gasteiger partial charge in [-0.25, -0.2) is 0 Å². The number of hydrogen-bond acceptors (Lipinski definition) is 5. The number of esters is 2. The van der Waals surface area contributed by atoms with E-state index in [2.05, 4.69) is 41.5 Å². The quantitative estimate of drug-likeness (QED) is 0.302. The van der Waals surface area contributed by atoms with E-state index in [0.717, 1.165) is 30.2 Å². The molecule has 5 heteroatoms. The zero-order valence-electron chi connectivity index (χ0n) is 32.6. The Labute approximate surface area is 303 Å². The molecule has 1 aromatic rings. The Morgan fingerprint density at radius 3 is 2.06 bits per heavy atom. The summed E-state index contributed by atoms with van der Waals surface area (Å²) in [6.45, 7) is 19.8. The number of carbonyl (C=O) groups excluding carboxylic acids is 2. The topological polar surface area (TPSA) is 78.6 Å². The fourth-order valence-corrected chi connectivity index (χ4v) is 15.0. The van der Waals surface area contributed by atoms with Gasteiger partial charge in [-0.05, 0) is 146 Å². The van der Waals surface area contributed by atoms with Crippen LogP contribution in [0, 0.1) is 73.9 Å². The first-order chi connectivity index (χ1) is 23.4. The minimum absolute atomic E-state index is 0.0617. The zero-order valence-corrected chi connectivity index (χ0v) is 32.6. The molecule has 12 atom stereocenters. The van der Waals surface area contributed by atoms with Crippen molar-refractivity contribution in [1.29, 1.82) is 0 Å². The highest BCUT2D eigenvalue weighted by molar-refractivity contribution is 5.82. The van der Waals surface area contributed by atoms with Crippen molar-refractivity contribution in [2.24, 2.45) is 79.6 Å². The van der Waals surface area contributed by atoms with Gasteiger partial charge in [0.1, 0.15) is 12.7 Å². The van der Waals surface area contributed by atoms with Gasteiger partial charge in [0.05, 0.1) is 11.8 Å². The number of benzene rings is 1. The number of ether oxygens (including phenoxy) is 2. The van der Waals surface area contributed by atoms with Crippen LogP contribution in [0.1, 0.15) is 144 Å². The fraction of sp³-hybridized carbons (Fsp3) is 0.822. The van der Waals surface area contributed by atoms with E-state index in [0.29, 0.717) is 40.4 Å². The molecule has 0 aliphatic heterocycles. The fourth-order valence-electron chi connectivity index (χ4n) is 15.0. The maximum atomic E-state index is 13.9. The molecule has 1 aromatic carbocycles. The van der Waals surface area contributed by atoms with Crippen molar-refractivity contribution in [2.45, 2.75) is 157 Å². The molecule has 7 fully saturated rings. The number of rotatable bonds is 6. The van der Waals surface area contributed by atoms with Crippen molar-refractivity contribution in [3.8, 4) is 0 Å². The van der Waals surface area contributed by atoms with E-state index in [9.17, 15) is 9.59 Å². The van der Waals surface area contributed by atoms with Crippen molar-refractivity contribution in [3.63, 3.8) is 0 Å². The van der Waals surface area contributed by atoms with Gasteiger partial charge in [0, 0.05) is 11.0 Å². The molecule has 0 amide bonds. The Balaban J connectivity index is 0.953. The van der Waals surface area contributed by atoms with Crippen LogP contribution in [0.3, 0.4) is 0 Å². The predicted molar refractivity (Wildman–Crippen MR) is 197 cm³/mol. The first kappa shape index (κ1) is 35.2. The standard InChI is InChI=1S/C45H67NO4/c1-39(2)31(37(47)49-27-28-12-10-9-11-13-28)26-32(39)38(48)50-35-18-19-42(6)33(40(35,3)4)17-20-44(8)34(42)15-14-30-36-29(41(5)22-23-41)16-21-45(36,46)25-24-43(30,44)7/h9-13,29-36H,14-27,46H2,1-8H3/t29-,30-,31+,32-,33+,34-,35+,36-,42+,43-,44-,45+/m1/s1. The van der Waals surface area contributed by atoms with Gasteiger partial charge >= 0.3 is 11.9 Å². The van der Waals surface area contributed by atoms with Gasteiger partial charge in [0.2, 0.25) is 0 Å². The van der Waals surface area contributed by atoms with Crippen LogP contribution in [0.2, 0.25) is 0 Å². The minimum Gasteiger partial charge on any atom is -0.462 e. The lowest BCUT2D eigenvalue weighted by molar-refractivity contribution is -0.248. The molecular weight excluding hydrogens is 618 g/mol. The monoisotopic (exact) mass is 686 g/mol. The summed E-state index contributed by atoms with van der Waals surface area (Å²) < 4.78 is 12.3. The Hall–Kier alpha value is -1.88. The lowest BCUT2D eigenvalue weighted by Crippen LogP contribution is -2.68. The van der Waals surface area contributed by atoms with Crippen LogP contribution < -0.4 is 5.73 Å². The third-order valence-corrected chi connectivity index (χ3v) is 18.7. The summed E-state index contributed by atoms with van der Waals surface area (Å²) in [5.74, 6) is 2.62. The molecule has 0 saturated heterocycles. The van der Waals surface area contributed by atoms with Crippen LogP contribution in [0.4, 0.5) is 0 Å². The van der Waals surface area contributed by atoms with Crippen molar-refractivity contribution in [3.05, 3.63) is 35.9 Å². The number of carbonyl (C=O) groups is 2. The highest BCUT2D eigenvalue weighted by atomic mass is 16.5. The Bertz CT molecular complexity index is 1510. The summed E-state index contributed by atoms with van der Waals surface area (Å²) in [5.41, 5.74) is 9.34. The molecule has 7 aliphatic rings. The molecule has 7 aliphatic carbocycles. The first-order valence-corrected chi connectivity index (χ1v) is 20.6. The molecule has 0 bridgehead atoms. The van der Waals surface area contributed by atoms with Crippen LogP contribution in [-0.2, 0) is 25.7 Å². The van der Waals surface area contributed by atoms with Crippen molar-refractivity contribution in [1.82, 2.24) is 0 Å². The molecule has 2 N–H and O–H groups in total. The molecule has 0 unspecified atom stereocenters. The van der Waals surface area contributed by atoms with Gasteiger partial charge in [0.25, 0.3) is 0 Å². The van der Waals surface area contributed by atoms with Crippen LogP contribution in [0.5, 0.6) is 0 Å². The summed E-state index contributed by atoms with van der Waals surface area (Å²) in [6.07, 6.45) is 15.6. The molecule has 7 saturated carbocycles. The first-order valence-electron chi connectivity index (χ1n) is 20.6. The number of nitrogens with two attached hydrogens (primary N) is 1. The third-order valence-electron chi connectivity index (χ3n) is 18.7. The van der Waals surface area contributed by atoms with E-state index in [1.54, 1.807) is 0 Å². The zero-order chi connectivity index (χ0) is 35.7. The minimum atomic E-state index is -0.477. The molecule has 8 rings (SSSR count). The summed E-state index contributed by atoms with van der Waals surface area (Å²) in [6, 6.07) is 9.80. The summed E-state index contributed by atoms with van der Waals surface area (Å²) in [4.78, 5) is 27.0. The average molecular weight is 686 g/mol. The predicted octanol–water partition coefficient (Wildman–Crippen LogP) is 9.90. The highest BCUT2D eigenvalue weighted by Gasteiger charge is 2.72. The van der Waals surface area contributed by atoms with Crippen LogP contribution in [-0.4, -0.2) is 23.6 Å². The second kappa shape index (κ2) is 11.3. The largest absolute Gasteiger partial charge is 0.462 e. The van der Waals surface area contributed by atoms with Gasteiger partial charge in [-0.1, -0.05) is 85.7 Å². The third kappa shape index (κ3) is 4.85. The second-order valence-corrected chi connectivity index (χ2v) is 21.3. The van der Waals surface area contributed by atoms with Crippen molar-refractivity contribution in [2.75, 3.05) is 0 Å². The molecule has 50 heavy (non-hydrogen) atoms. The van der Waals surface area contributed by atoms with Crippen LogP contribution >= 0.6 is 0 Å². The Morgan fingerprint density at radius 2 is 1.38 bits per heavy atom. The van der Waals surface area contributed by atoms with E-state index >= 15 is 0 Å². The Kier molecular flexibility index (Phi) is 7.96. The SMILES string of the molecule is CC1([C@@H]2CC[C@]3(N)CC[C@]4(C)[C@H](CC[C@@H]5[C@@]6(C)CC[C@H](OC(=O)[C@H]7C[C@@H](C(=O)OCc8ccccc8)C7(C)C)C(C)(C)[C@@H]6CC[C@]54C)[C@@H]23)CC1. The highest BCUT2D eigenvalue weighted by Crippen LogP contribution is 2.77. The van der Waals surface area contributed by atoms with Crippen molar-refractivity contribution < 1.29 is 19.1 Å². The summed E-state index contributed by atoms with van der Waals surface area (Å²) in [7, 11) is 0. The van der Waals surface area contributed by atoms with E-state index in [1.807, 2.05) is 44.2 Å². The molecule has 0 spiro atoms. The van der Waals surface area contributed by atoms with E-state index in [-0.39, 0.29) is 52.9 Å². The number of fused-ring (bicyclic) bond motifs is 7. The lowest BCUT2D eigenvalue weighted by atomic mass is 9.32. The maximum absolute atomic E-state index is 13.9. The van der Waals surface area contributed by atoms with Gasteiger partial charge in [-0.15, -0.1) is 0 Å². The molecule has 276 valence electrons. The van der Waals surface area contributed by atoms with Crippen molar-refractivity contribution >= 4 is 11.9 Å². The van der Waals surface area contributed by atoms with E-state index in [4.69, 9.17) is 15.2 Å². The summed E-state index contributed by atoms with van der Waals surface area (Å²) >= 11 is 0. The summed E-state index contributed by atoms with van der Waals surface area (Å²) in [5, 5.41) is 0. The van der Waals surface area contributed by atoms with Crippen LogP contribution in [0.15, 0.2) is 30.3 Å². The molecule has 0 radical (unpaired) electrons. The lowest BCUT2D eigenvalue weighted by Gasteiger charge is -2.73. The van der Waals surface area contributed by atoms with Gasteiger partial charge in [-0.2, -0.15) is 0 Å². The molecular formula is C45H67NO4. The van der Waals surface area contributed by atoms with Gasteiger partial charge in [0.15, 0.2) is 0 Å². The smallest absolute Gasteiger partial charge is 0.309 e. The Morgan fingerprint density at radius 1 is 0.680 bits per heavy atom. The van der Waals surface area contributed by atoms with E-state index in [1.165, 1.54) is 64.2 Å². The number of hydrogen-bond donors (Lipinski definition) is 1. The van der Waals surface area contributed by atoms with Crippen LogP contribution in [0.25, 0.3) is 0 Å². The normalized spacial score (nSPS) is 47.7. The average Bonchev–Trinajstić information content (AvgIpc) is 3.70. The van der Waals surface area contributed by atoms with Gasteiger partial charge < -0.3 is 15.2 Å². The van der Waals surface area contributed by atoms with Gasteiger partial charge in [-0.3, -0.25) is 9.59 Å². The second-order valence-electron chi connectivity index (χ2n) is 21.3.